The first-order valence-corrected chi connectivity index (χ1v) is 13.9. The SMILES string of the molecule is Cc1ccccc1-c1nc(C(=O)Nc2cccc(C(=O)O)c2)c(CCC23CC4CC(CC(C4)C2)C3)s1. The zero-order chi connectivity index (χ0) is 24.9. The Morgan fingerprint density at radius 1 is 1.03 bits per heavy atom. The normalized spacial score (nSPS) is 26.2. The fourth-order valence-electron chi connectivity index (χ4n) is 7.52. The molecule has 0 aliphatic heterocycles. The second kappa shape index (κ2) is 9.15. The smallest absolute Gasteiger partial charge is 0.335 e. The number of carbonyl (C=O) groups excluding carboxylic acids is 1. The minimum atomic E-state index is -1.02. The van der Waals surface area contributed by atoms with Crippen molar-refractivity contribution in [2.75, 3.05) is 5.32 Å². The topological polar surface area (TPSA) is 79.3 Å². The van der Waals surface area contributed by atoms with Crippen molar-refractivity contribution in [1.82, 2.24) is 4.98 Å². The van der Waals surface area contributed by atoms with Crippen LogP contribution in [-0.4, -0.2) is 22.0 Å². The number of rotatable bonds is 7. The summed E-state index contributed by atoms with van der Waals surface area (Å²) in [6, 6.07) is 14.5. The summed E-state index contributed by atoms with van der Waals surface area (Å²) in [5.74, 6) is 1.44. The minimum absolute atomic E-state index is 0.147. The molecule has 4 fully saturated rings. The van der Waals surface area contributed by atoms with Gasteiger partial charge in [0.2, 0.25) is 0 Å². The molecular weight excluding hydrogens is 468 g/mol. The highest BCUT2D eigenvalue weighted by Gasteiger charge is 2.50. The zero-order valence-electron chi connectivity index (χ0n) is 20.6. The standard InChI is InChI=1S/C30H32N2O3S/c1-18-5-2-3-8-24(18)28-32-26(27(33)31-23-7-4-6-22(14-23)29(34)35)25(36-28)9-10-30-15-19-11-20(16-30)13-21(12-19)17-30/h2-8,14,19-21H,9-13,15-17H2,1H3,(H,31,33)(H,34,35). The molecule has 2 aromatic carbocycles. The Balaban J connectivity index is 1.29. The van der Waals surface area contributed by atoms with Crippen molar-refractivity contribution in [3.63, 3.8) is 0 Å². The molecule has 5 nitrogen and oxygen atoms in total. The fraction of sp³-hybridized carbons (Fsp3) is 0.433. The van der Waals surface area contributed by atoms with Crippen LogP contribution in [-0.2, 0) is 6.42 Å². The van der Waals surface area contributed by atoms with E-state index in [1.807, 2.05) is 12.1 Å². The number of aromatic carboxylic acids is 1. The third-order valence-electron chi connectivity index (χ3n) is 8.70. The van der Waals surface area contributed by atoms with Crippen molar-refractivity contribution in [3.8, 4) is 10.6 Å². The van der Waals surface area contributed by atoms with Crippen LogP contribution < -0.4 is 5.32 Å². The van der Waals surface area contributed by atoms with Gasteiger partial charge in [0, 0.05) is 16.1 Å². The van der Waals surface area contributed by atoms with Gasteiger partial charge in [0.1, 0.15) is 10.7 Å². The van der Waals surface area contributed by atoms with Crippen LogP contribution in [0.25, 0.3) is 10.6 Å². The van der Waals surface area contributed by atoms with Gasteiger partial charge in [-0.2, -0.15) is 0 Å². The Morgan fingerprint density at radius 3 is 2.39 bits per heavy atom. The Morgan fingerprint density at radius 2 is 1.72 bits per heavy atom. The lowest BCUT2D eigenvalue weighted by atomic mass is 9.48. The summed E-state index contributed by atoms with van der Waals surface area (Å²) < 4.78 is 0. The highest BCUT2D eigenvalue weighted by atomic mass is 32.1. The average Bonchev–Trinajstić information content (AvgIpc) is 3.27. The number of aryl methyl sites for hydroxylation is 2. The average molecular weight is 501 g/mol. The summed E-state index contributed by atoms with van der Waals surface area (Å²) in [7, 11) is 0. The monoisotopic (exact) mass is 500 g/mol. The maximum Gasteiger partial charge on any atom is 0.335 e. The van der Waals surface area contributed by atoms with Crippen LogP contribution in [0, 0.1) is 30.1 Å². The van der Waals surface area contributed by atoms with Crippen LogP contribution in [0.5, 0.6) is 0 Å². The van der Waals surface area contributed by atoms with Crippen LogP contribution >= 0.6 is 11.3 Å². The fourth-order valence-corrected chi connectivity index (χ4v) is 8.67. The number of carboxylic acid groups (broad SMARTS) is 1. The number of thiazole rings is 1. The molecule has 1 aromatic heterocycles. The molecule has 4 aliphatic carbocycles. The Bertz CT molecular complexity index is 1290. The van der Waals surface area contributed by atoms with E-state index in [9.17, 15) is 14.7 Å². The van der Waals surface area contributed by atoms with Gasteiger partial charge in [0.05, 0.1) is 5.56 Å². The summed E-state index contributed by atoms with van der Waals surface area (Å²) in [5, 5.41) is 13.1. The molecule has 7 rings (SSSR count). The van der Waals surface area contributed by atoms with Crippen molar-refractivity contribution >= 4 is 28.9 Å². The first-order chi connectivity index (χ1) is 17.4. The Hall–Kier alpha value is -2.99. The van der Waals surface area contributed by atoms with Gasteiger partial charge in [0.15, 0.2) is 0 Å². The van der Waals surface area contributed by atoms with Crippen LogP contribution in [0.15, 0.2) is 48.5 Å². The molecule has 4 aliphatic rings. The number of carbonyl (C=O) groups is 2. The first-order valence-electron chi connectivity index (χ1n) is 13.1. The zero-order valence-corrected chi connectivity index (χ0v) is 21.4. The molecule has 0 unspecified atom stereocenters. The van der Waals surface area contributed by atoms with Gasteiger partial charge >= 0.3 is 5.97 Å². The molecule has 0 atom stereocenters. The number of anilines is 1. The highest BCUT2D eigenvalue weighted by molar-refractivity contribution is 7.15. The van der Waals surface area contributed by atoms with E-state index in [4.69, 9.17) is 4.98 Å². The molecule has 3 aromatic rings. The summed E-state index contributed by atoms with van der Waals surface area (Å²) in [6.45, 7) is 2.07. The van der Waals surface area contributed by atoms with E-state index in [2.05, 4.69) is 24.4 Å². The summed E-state index contributed by atoms with van der Waals surface area (Å²) in [4.78, 5) is 30.7. The number of hydrogen-bond donors (Lipinski definition) is 2. The van der Waals surface area contributed by atoms with Gasteiger partial charge in [-0.25, -0.2) is 9.78 Å². The molecule has 186 valence electrons. The van der Waals surface area contributed by atoms with Gasteiger partial charge < -0.3 is 10.4 Å². The van der Waals surface area contributed by atoms with Crippen molar-refractivity contribution in [3.05, 3.63) is 70.2 Å². The number of nitrogens with zero attached hydrogens (tertiary/aromatic N) is 1. The number of nitrogens with one attached hydrogen (secondary N) is 1. The Labute approximate surface area is 216 Å². The maximum atomic E-state index is 13.5. The van der Waals surface area contributed by atoms with Crippen LogP contribution in [0.1, 0.15) is 76.2 Å². The molecule has 4 saturated carbocycles. The van der Waals surface area contributed by atoms with Crippen molar-refractivity contribution in [1.29, 1.82) is 0 Å². The van der Waals surface area contributed by atoms with E-state index in [1.54, 1.807) is 23.5 Å². The van der Waals surface area contributed by atoms with Crippen molar-refractivity contribution in [2.24, 2.45) is 23.2 Å². The van der Waals surface area contributed by atoms with Crippen LogP contribution in [0.3, 0.4) is 0 Å². The molecule has 0 spiro atoms. The van der Waals surface area contributed by atoms with E-state index < -0.39 is 5.97 Å². The van der Waals surface area contributed by atoms with E-state index in [0.717, 1.165) is 51.6 Å². The third-order valence-corrected chi connectivity index (χ3v) is 9.85. The van der Waals surface area contributed by atoms with E-state index in [1.165, 1.54) is 50.7 Å². The molecular formula is C30H32N2O3S. The highest BCUT2D eigenvalue weighted by Crippen LogP contribution is 2.61. The maximum absolute atomic E-state index is 13.5. The van der Waals surface area contributed by atoms with Crippen LogP contribution in [0.4, 0.5) is 5.69 Å². The van der Waals surface area contributed by atoms with E-state index in [-0.39, 0.29) is 11.5 Å². The summed E-state index contributed by atoms with van der Waals surface area (Å²) in [6.07, 6.45) is 10.3. The molecule has 1 amide bonds. The molecule has 4 bridgehead atoms. The van der Waals surface area contributed by atoms with Crippen molar-refractivity contribution in [2.45, 2.75) is 58.3 Å². The van der Waals surface area contributed by atoms with Gasteiger partial charge in [0.25, 0.3) is 5.91 Å². The summed E-state index contributed by atoms with van der Waals surface area (Å²) in [5.41, 5.74) is 3.73. The number of carboxylic acids is 1. The quantitative estimate of drug-likeness (QED) is 0.359. The second-order valence-electron chi connectivity index (χ2n) is 11.4. The van der Waals surface area contributed by atoms with Crippen molar-refractivity contribution < 1.29 is 14.7 Å². The van der Waals surface area contributed by atoms with Gasteiger partial charge in [-0.1, -0.05) is 30.3 Å². The molecule has 0 saturated heterocycles. The second-order valence-corrected chi connectivity index (χ2v) is 12.4. The van der Waals surface area contributed by atoms with Gasteiger partial charge in [-0.05, 0) is 105 Å². The molecule has 2 N–H and O–H groups in total. The number of benzene rings is 2. The minimum Gasteiger partial charge on any atom is -0.478 e. The van der Waals surface area contributed by atoms with Crippen LogP contribution in [0.2, 0.25) is 0 Å². The molecule has 1 heterocycles. The van der Waals surface area contributed by atoms with E-state index in [0.29, 0.717) is 16.8 Å². The lowest BCUT2D eigenvalue weighted by Gasteiger charge is -2.57. The number of aromatic nitrogens is 1. The lowest BCUT2D eigenvalue weighted by molar-refractivity contribution is -0.0568. The molecule has 0 radical (unpaired) electrons. The Kier molecular flexibility index (Phi) is 5.95. The number of amides is 1. The van der Waals surface area contributed by atoms with Gasteiger partial charge in [-0.3, -0.25) is 4.79 Å². The van der Waals surface area contributed by atoms with E-state index >= 15 is 0 Å². The predicted molar refractivity (Wildman–Crippen MR) is 143 cm³/mol. The number of hydrogen-bond acceptors (Lipinski definition) is 4. The summed E-state index contributed by atoms with van der Waals surface area (Å²) >= 11 is 1.64. The third kappa shape index (κ3) is 4.47. The largest absolute Gasteiger partial charge is 0.478 e. The molecule has 36 heavy (non-hydrogen) atoms. The molecule has 6 heteroatoms. The first kappa shape index (κ1) is 23.4. The predicted octanol–water partition coefficient (Wildman–Crippen LogP) is 7.22. The lowest BCUT2D eigenvalue weighted by Crippen LogP contribution is -2.46. The van der Waals surface area contributed by atoms with Gasteiger partial charge in [-0.15, -0.1) is 11.3 Å².